The summed E-state index contributed by atoms with van der Waals surface area (Å²) in [5.74, 6) is -1.71. The molecule has 0 saturated heterocycles. The van der Waals surface area contributed by atoms with Gasteiger partial charge in [-0.3, -0.25) is 19.7 Å². The number of nitrogens with zero attached hydrogens (tertiary/aromatic N) is 2. The third kappa shape index (κ3) is 6.22. The highest BCUT2D eigenvalue weighted by Gasteiger charge is 2.29. The molecule has 0 fully saturated rings. The molecule has 0 atom stereocenters. The molecule has 1 aromatic rings. The standard InChI is InChI=1S/C15H18F3N3O5/c1-3-20(4-2)13(22)8-19-14(23)11-7-10(26-9-15(16,17)18)5-6-12(11)21(24)25/h5-7H,3-4,8-9H2,1-2H3,(H,19,23). The van der Waals surface area contributed by atoms with E-state index in [2.05, 4.69) is 10.1 Å². The first kappa shape index (κ1) is 21.2. The average molecular weight is 377 g/mol. The quantitative estimate of drug-likeness (QED) is 0.552. The highest BCUT2D eigenvalue weighted by atomic mass is 19.4. The Morgan fingerprint density at radius 3 is 2.38 bits per heavy atom. The maximum absolute atomic E-state index is 12.2. The second-order valence-electron chi connectivity index (χ2n) is 5.09. The molecule has 1 aromatic carbocycles. The number of carbonyl (C=O) groups is 2. The van der Waals surface area contributed by atoms with Crippen molar-refractivity contribution in [3.63, 3.8) is 0 Å². The number of hydrogen-bond acceptors (Lipinski definition) is 5. The highest BCUT2D eigenvalue weighted by Crippen LogP contribution is 2.25. The summed E-state index contributed by atoms with van der Waals surface area (Å²) in [5, 5.41) is 13.3. The lowest BCUT2D eigenvalue weighted by Gasteiger charge is -2.18. The van der Waals surface area contributed by atoms with Gasteiger partial charge in [0.1, 0.15) is 11.3 Å². The Bertz CT molecular complexity index is 675. The van der Waals surface area contributed by atoms with E-state index < -0.39 is 47.3 Å². The Labute approximate surface area is 147 Å². The summed E-state index contributed by atoms with van der Waals surface area (Å²) in [5.41, 5.74) is -1.11. The Kier molecular flexibility index (Phi) is 7.35. The molecular formula is C15H18F3N3O5. The van der Waals surface area contributed by atoms with Crippen molar-refractivity contribution in [1.29, 1.82) is 0 Å². The lowest BCUT2D eigenvalue weighted by molar-refractivity contribution is -0.385. The summed E-state index contributed by atoms with van der Waals surface area (Å²) in [6.45, 7) is 2.33. The molecule has 0 aliphatic carbocycles. The highest BCUT2D eigenvalue weighted by molar-refractivity contribution is 6.00. The zero-order valence-corrected chi connectivity index (χ0v) is 14.1. The molecule has 8 nitrogen and oxygen atoms in total. The van der Waals surface area contributed by atoms with Crippen LogP contribution in [0.1, 0.15) is 24.2 Å². The molecule has 0 unspecified atom stereocenters. The molecule has 11 heteroatoms. The normalized spacial score (nSPS) is 11.0. The lowest BCUT2D eigenvalue weighted by Crippen LogP contribution is -2.40. The zero-order chi connectivity index (χ0) is 19.9. The van der Waals surface area contributed by atoms with Crippen LogP contribution in [0.15, 0.2) is 18.2 Å². The first-order valence-corrected chi connectivity index (χ1v) is 7.63. The predicted molar refractivity (Wildman–Crippen MR) is 84.9 cm³/mol. The second-order valence-corrected chi connectivity index (χ2v) is 5.09. The molecular weight excluding hydrogens is 359 g/mol. The molecule has 0 heterocycles. The first-order valence-electron chi connectivity index (χ1n) is 7.63. The van der Waals surface area contributed by atoms with E-state index in [0.29, 0.717) is 13.1 Å². The Balaban J connectivity index is 2.94. The number of halogens is 3. The van der Waals surface area contributed by atoms with Crippen LogP contribution in [-0.4, -0.2) is 54.1 Å². The molecule has 0 radical (unpaired) electrons. The number of nitro benzene ring substituents is 1. The van der Waals surface area contributed by atoms with Crippen LogP contribution in [0.3, 0.4) is 0 Å². The number of ether oxygens (including phenoxy) is 1. The van der Waals surface area contributed by atoms with Crippen LogP contribution in [0.2, 0.25) is 0 Å². The topological polar surface area (TPSA) is 102 Å². The van der Waals surface area contributed by atoms with Gasteiger partial charge in [-0.05, 0) is 26.0 Å². The van der Waals surface area contributed by atoms with E-state index in [4.69, 9.17) is 0 Å². The molecule has 0 bridgehead atoms. The third-order valence-corrected chi connectivity index (χ3v) is 3.33. The molecule has 2 amide bonds. The Morgan fingerprint density at radius 2 is 1.88 bits per heavy atom. The fourth-order valence-electron chi connectivity index (χ4n) is 2.05. The van der Waals surface area contributed by atoms with Gasteiger partial charge in [0, 0.05) is 19.2 Å². The summed E-state index contributed by atoms with van der Waals surface area (Å²) in [4.78, 5) is 35.6. The molecule has 0 saturated carbocycles. The van der Waals surface area contributed by atoms with Crippen LogP contribution in [0.5, 0.6) is 5.75 Å². The molecule has 144 valence electrons. The van der Waals surface area contributed by atoms with Gasteiger partial charge >= 0.3 is 6.18 Å². The second kappa shape index (κ2) is 9.02. The van der Waals surface area contributed by atoms with Crippen LogP contribution in [0, 0.1) is 10.1 Å². The van der Waals surface area contributed by atoms with Crippen molar-refractivity contribution in [3.8, 4) is 5.75 Å². The van der Waals surface area contributed by atoms with Gasteiger partial charge in [0.15, 0.2) is 6.61 Å². The van der Waals surface area contributed by atoms with Gasteiger partial charge in [-0.2, -0.15) is 13.2 Å². The molecule has 0 aliphatic heterocycles. The number of amides is 2. The van der Waals surface area contributed by atoms with Crippen molar-refractivity contribution in [2.24, 2.45) is 0 Å². The molecule has 0 aromatic heterocycles. The van der Waals surface area contributed by atoms with E-state index in [9.17, 15) is 32.9 Å². The van der Waals surface area contributed by atoms with Crippen molar-refractivity contribution in [2.75, 3.05) is 26.2 Å². The number of rotatable bonds is 8. The number of nitrogens with one attached hydrogen (secondary N) is 1. The number of likely N-dealkylation sites (N-methyl/N-ethyl adjacent to an activating group) is 1. The van der Waals surface area contributed by atoms with Crippen LogP contribution < -0.4 is 10.1 Å². The maximum Gasteiger partial charge on any atom is 0.422 e. The van der Waals surface area contributed by atoms with Gasteiger partial charge in [0.05, 0.1) is 11.5 Å². The Hall–Kier alpha value is -2.85. The fourth-order valence-corrected chi connectivity index (χ4v) is 2.05. The monoisotopic (exact) mass is 377 g/mol. The minimum Gasteiger partial charge on any atom is -0.484 e. The van der Waals surface area contributed by atoms with Crippen molar-refractivity contribution in [1.82, 2.24) is 10.2 Å². The third-order valence-electron chi connectivity index (χ3n) is 3.33. The van der Waals surface area contributed by atoms with Gasteiger partial charge < -0.3 is 15.0 Å². The number of carbonyl (C=O) groups excluding carboxylic acids is 2. The largest absolute Gasteiger partial charge is 0.484 e. The minimum absolute atomic E-state index is 0.354. The van der Waals surface area contributed by atoms with Crippen molar-refractivity contribution < 1.29 is 32.4 Å². The lowest BCUT2D eigenvalue weighted by atomic mass is 10.1. The first-order chi connectivity index (χ1) is 12.1. The Morgan fingerprint density at radius 1 is 1.27 bits per heavy atom. The van der Waals surface area contributed by atoms with E-state index in [1.807, 2.05) is 0 Å². The van der Waals surface area contributed by atoms with Gasteiger partial charge in [-0.15, -0.1) is 0 Å². The smallest absolute Gasteiger partial charge is 0.422 e. The predicted octanol–water partition coefficient (Wildman–Crippen LogP) is 2.13. The summed E-state index contributed by atoms with van der Waals surface area (Å²) in [7, 11) is 0. The molecule has 0 aliphatic rings. The van der Waals surface area contributed by atoms with E-state index in [0.717, 1.165) is 18.2 Å². The van der Waals surface area contributed by atoms with E-state index in [1.54, 1.807) is 13.8 Å². The van der Waals surface area contributed by atoms with Gasteiger partial charge in [0.2, 0.25) is 5.91 Å². The average Bonchev–Trinajstić information content (AvgIpc) is 2.57. The van der Waals surface area contributed by atoms with Crippen molar-refractivity contribution in [2.45, 2.75) is 20.0 Å². The number of hydrogen-bond donors (Lipinski definition) is 1. The summed E-state index contributed by atoms with van der Waals surface area (Å²) >= 11 is 0. The van der Waals surface area contributed by atoms with Crippen molar-refractivity contribution >= 4 is 17.5 Å². The number of alkyl halides is 3. The number of benzene rings is 1. The zero-order valence-electron chi connectivity index (χ0n) is 14.1. The van der Waals surface area contributed by atoms with E-state index in [1.165, 1.54) is 4.90 Å². The van der Waals surface area contributed by atoms with Gasteiger partial charge in [0.25, 0.3) is 11.6 Å². The SMILES string of the molecule is CCN(CC)C(=O)CNC(=O)c1cc(OCC(F)(F)F)ccc1[N+](=O)[O-]. The fraction of sp³-hybridized carbons (Fsp3) is 0.467. The molecule has 1 rings (SSSR count). The van der Waals surface area contributed by atoms with Crippen LogP contribution in [0.4, 0.5) is 18.9 Å². The van der Waals surface area contributed by atoms with Gasteiger partial charge in [-0.25, -0.2) is 0 Å². The maximum atomic E-state index is 12.2. The van der Waals surface area contributed by atoms with Crippen molar-refractivity contribution in [3.05, 3.63) is 33.9 Å². The van der Waals surface area contributed by atoms with Crippen LogP contribution >= 0.6 is 0 Å². The molecule has 0 spiro atoms. The van der Waals surface area contributed by atoms with E-state index in [-0.39, 0.29) is 5.75 Å². The summed E-state index contributed by atoms with van der Waals surface area (Å²) in [6.07, 6.45) is -4.60. The summed E-state index contributed by atoms with van der Waals surface area (Å²) < 4.78 is 41.1. The molecule has 26 heavy (non-hydrogen) atoms. The minimum atomic E-state index is -4.60. The van der Waals surface area contributed by atoms with E-state index >= 15 is 0 Å². The van der Waals surface area contributed by atoms with Gasteiger partial charge in [-0.1, -0.05) is 0 Å². The summed E-state index contributed by atoms with van der Waals surface area (Å²) in [6, 6.07) is 2.66. The number of nitro groups is 1. The van der Waals surface area contributed by atoms with Crippen LogP contribution in [0.25, 0.3) is 0 Å². The van der Waals surface area contributed by atoms with Crippen LogP contribution in [-0.2, 0) is 4.79 Å². The molecule has 1 N–H and O–H groups in total.